The molecule has 0 fully saturated rings. The van der Waals surface area contributed by atoms with Crippen molar-refractivity contribution in [3.63, 3.8) is 0 Å². The molecule has 1 atom stereocenters. The molecule has 0 radical (unpaired) electrons. The molecular formula is C20H15BrClN3O. The molecule has 130 valence electrons. The predicted molar refractivity (Wildman–Crippen MR) is 107 cm³/mol. The van der Waals surface area contributed by atoms with Crippen molar-refractivity contribution in [2.75, 3.05) is 0 Å². The number of aromatic nitrogens is 1. The van der Waals surface area contributed by atoms with E-state index in [1.54, 1.807) is 12.3 Å². The van der Waals surface area contributed by atoms with Crippen LogP contribution in [0.1, 0.15) is 23.6 Å². The third-order valence-electron chi connectivity index (χ3n) is 4.14. The van der Waals surface area contributed by atoms with Gasteiger partial charge in [-0.15, -0.1) is 0 Å². The van der Waals surface area contributed by atoms with E-state index in [1.807, 2.05) is 54.6 Å². The standard InChI is InChI=1S/C20H15BrClN3O/c21-15-4-8-17(9-5-15)26-16-6-1-13(2-7-16)18-11-19(25-24-18)14-3-10-20(22)23-12-14/h1-10,12,19,25H,11H2. The molecule has 0 saturated heterocycles. The summed E-state index contributed by atoms with van der Waals surface area (Å²) in [5, 5.41) is 4.96. The Labute approximate surface area is 165 Å². The molecule has 0 amide bonds. The summed E-state index contributed by atoms with van der Waals surface area (Å²) in [6.07, 6.45) is 2.59. The maximum absolute atomic E-state index is 5.86. The van der Waals surface area contributed by atoms with E-state index < -0.39 is 0 Å². The van der Waals surface area contributed by atoms with Crippen LogP contribution in [-0.4, -0.2) is 10.7 Å². The van der Waals surface area contributed by atoms with Crippen molar-refractivity contribution in [1.29, 1.82) is 0 Å². The lowest BCUT2D eigenvalue weighted by Crippen LogP contribution is -2.10. The molecule has 0 aliphatic carbocycles. The molecular weight excluding hydrogens is 414 g/mol. The number of halogens is 2. The summed E-state index contributed by atoms with van der Waals surface area (Å²) in [4.78, 5) is 4.13. The average Bonchev–Trinajstić information content (AvgIpc) is 3.15. The molecule has 1 aromatic heterocycles. The van der Waals surface area contributed by atoms with Crippen molar-refractivity contribution in [1.82, 2.24) is 10.4 Å². The van der Waals surface area contributed by atoms with Gasteiger partial charge in [0.15, 0.2) is 0 Å². The normalized spacial score (nSPS) is 16.1. The van der Waals surface area contributed by atoms with E-state index in [-0.39, 0.29) is 6.04 Å². The van der Waals surface area contributed by atoms with Gasteiger partial charge in [0, 0.05) is 17.1 Å². The van der Waals surface area contributed by atoms with Crippen LogP contribution in [0, 0.1) is 0 Å². The molecule has 6 heteroatoms. The van der Waals surface area contributed by atoms with Gasteiger partial charge < -0.3 is 10.2 Å². The second-order valence-electron chi connectivity index (χ2n) is 5.94. The van der Waals surface area contributed by atoms with E-state index in [4.69, 9.17) is 16.3 Å². The number of nitrogens with zero attached hydrogens (tertiary/aromatic N) is 2. The van der Waals surface area contributed by atoms with Crippen molar-refractivity contribution in [2.24, 2.45) is 5.10 Å². The van der Waals surface area contributed by atoms with Crippen molar-refractivity contribution in [3.8, 4) is 11.5 Å². The van der Waals surface area contributed by atoms with E-state index in [2.05, 4.69) is 31.4 Å². The fraction of sp³-hybridized carbons (Fsp3) is 0.100. The van der Waals surface area contributed by atoms with E-state index in [9.17, 15) is 0 Å². The number of hydrogen-bond acceptors (Lipinski definition) is 4. The zero-order chi connectivity index (χ0) is 17.9. The zero-order valence-corrected chi connectivity index (χ0v) is 16.0. The minimum absolute atomic E-state index is 0.119. The summed E-state index contributed by atoms with van der Waals surface area (Å²) >= 11 is 9.27. The number of benzene rings is 2. The first-order valence-corrected chi connectivity index (χ1v) is 9.32. The number of ether oxygens (including phenoxy) is 1. The Bertz CT molecular complexity index is 925. The molecule has 4 rings (SSSR count). The van der Waals surface area contributed by atoms with E-state index in [1.165, 1.54) is 0 Å². The summed E-state index contributed by atoms with van der Waals surface area (Å²) < 4.78 is 6.88. The summed E-state index contributed by atoms with van der Waals surface area (Å²) in [7, 11) is 0. The van der Waals surface area contributed by atoms with Gasteiger partial charge in [-0.25, -0.2) is 4.98 Å². The van der Waals surface area contributed by atoms with Gasteiger partial charge in [0.05, 0.1) is 11.8 Å². The smallest absolute Gasteiger partial charge is 0.129 e. The zero-order valence-electron chi connectivity index (χ0n) is 13.7. The number of pyridine rings is 1. The topological polar surface area (TPSA) is 46.5 Å². The molecule has 1 unspecified atom stereocenters. The summed E-state index contributed by atoms with van der Waals surface area (Å²) in [5.41, 5.74) is 6.33. The first-order chi connectivity index (χ1) is 12.7. The van der Waals surface area contributed by atoms with Gasteiger partial charge in [-0.1, -0.05) is 33.6 Å². The highest BCUT2D eigenvalue weighted by Crippen LogP contribution is 2.27. The van der Waals surface area contributed by atoms with Gasteiger partial charge in [0.1, 0.15) is 16.7 Å². The van der Waals surface area contributed by atoms with Crippen LogP contribution in [0.3, 0.4) is 0 Å². The highest BCUT2D eigenvalue weighted by Gasteiger charge is 2.21. The largest absolute Gasteiger partial charge is 0.457 e. The molecule has 0 bridgehead atoms. The van der Waals surface area contributed by atoms with Crippen LogP contribution >= 0.6 is 27.5 Å². The van der Waals surface area contributed by atoms with Crippen molar-refractivity contribution >= 4 is 33.2 Å². The van der Waals surface area contributed by atoms with Gasteiger partial charge in [-0.2, -0.15) is 5.10 Å². The number of hydrogen-bond donors (Lipinski definition) is 1. The Morgan fingerprint density at radius 3 is 2.31 bits per heavy atom. The van der Waals surface area contributed by atoms with Crippen LogP contribution in [0.5, 0.6) is 11.5 Å². The third-order valence-corrected chi connectivity index (χ3v) is 4.89. The molecule has 2 heterocycles. The summed E-state index contributed by atoms with van der Waals surface area (Å²) in [5.74, 6) is 1.59. The van der Waals surface area contributed by atoms with Gasteiger partial charge >= 0.3 is 0 Å². The minimum Gasteiger partial charge on any atom is -0.457 e. The lowest BCUT2D eigenvalue weighted by atomic mass is 10.0. The molecule has 1 N–H and O–H groups in total. The lowest BCUT2D eigenvalue weighted by molar-refractivity contribution is 0.482. The van der Waals surface area contributed by atoms with Crippen LogP contribution < -0.4 is 10.2 Å². The molecule has 0 saturated carbocycles. The Morgan fingerprint density at radius 2 is 1.65 bits per heavy atom. The molecule has 1 aliphatic heterocycles. The van der Waals surface area contributed by atoms with Gasteiger partial charge in [-0.05, 0) is 65.7 Å². The van der Waals surface area contributed by atoms with Crippen LogP contribution in [0.2, 0.25) is 5.15 Å². The van der Waals surface area contributed by atoms with Crippen LogP contribution in [0.15, 0.2) is 76.4 Å². The summed E-state index contributed by atoms with van der Waals surface area (Å²) in [6, 6.07) is 19.6. The molecule has 3 aromatic rings. The lowest BCUT2D eigenvalue weighted by Gasteiger charge is -2.09. The predicted octanol–water partition coefficient (Wildman–Crippen LogP) is 5.73. The fourth-order valence-corrected chi connectivity index (χ4v) is 3.14. The van der Waals surface area contributed by atoms with Crippen LogP contribution in [0.4, 0.5) is 0 Å². The number of rotatable bonds is 4. The van der Waals surface area contributed by atoms with E-state index in [0.717, 1.165) is 39.2 Å². The second kappa shape index (κ2) is 7.48. The van der Waals surface area contributed by atoms with E-state index >= 15 is 0 Å². The third kappa shape index (κ3) is 3.89. The van der Waals surface area contributed by atoms with Gasteiger partial charge in [0.25, 0.3) is 0 Å². The van der Waals surface area contributed by atoms with Gasteiger partial charge in [-0.3, -0.25) is 0 Å². The van der Waals surface area contributed by atoms with E-state index in [0.29, 0.717) is 5.15 Å². The monoisotopic (exact) mass is 427 g/mol. The quantitative estimate of drug-likeness (QED) is 0.540. The molecule has 2 aromatic carbocycles. The number of hydrazone groups is 1. The number of nitrogens with one attached hydrogen (secondary N) is 1. The van der Waals surface area contributed by atoms with Crippen molar-refractivity contribution in [2.45, 2.75) is 12.5 Å². The second-order valence-corrected chi connectivity index (χ2v) is 7.24. The maximum Gasteiger partial charge on any atom is 0.129 e. The van der Waals surface area contributed by atoms with Crippen molar-refractivity contribution < 1.29 is 4.74 Å². The first-order valence-electron chi connectivity index (χ1n) is 8.15. The summed E-state index contributed by atoms with van der Waals surface area (Å²) in [6.45, 7) is 0. The minimum atomic E-state index is 0.119. The maximum atomic E-state index is 5.86. The SMILES string of the molecule is Clc1ccc(C2CC(c3ccc(Oc4ccc(Br)cc4)cc3)=NN2)cn1. The fourth-order valence-electron chi connectivity index (χ4n) is 2.76. The van der Waals surface area contributed by atoms with Gasteiger partial charge in [0.2, 0.25) is 0 Å². The van der Waals surface area contributed by atoms with Crippen LogP contribution in [-0.2, 0) is 0 Å². The molecule has 1 aliphatic rings. The highest BCUT2D eigenvalue weighted by atomic mass is 79.9. The highest BCUT2D eigenvalue weighted by molar-refractivity contribution is 9.10. The molecule has 0 spiro atoms. The molecule has 4 nitrogen and oxygen atoms in total. The Balaban J connectivity index is 1.42. The van der Waals surface area contributed by atoms with Crippen molar-refractivity contribution in [3.05, 3.63) is 87.6 Å². The Morgan fingerprint density at radius 1 is 0.962 bits per heavy atom. The first kappa shape index (κ1) is 17.1. The Kier molecular flexibility index (Phi) is 4.91. The van der Waals surface area contributed by atoms with Crippen LogP contribution in [0.25, 0.3) is 0 Å². The average molecular weight is 429 g/mol. The Hall–Kier alpha value is -2.37. The molecule has 26 heavy (non-hydrogen) atoms.